The Bertz CT molecular complexity index is 559. The van der Waals surface area contributed by atoms with Crippen LogP contribution < -0.4 is 4.74 Å². The van der Waals surface area contributed by atoms with E-state index in [1.54, 1.807) is 6.20 Å². The smallest absolute Gasteiger partial charge is 0.168 e. The number of fused-ring (bicyclic) bond motifs is 1. The molecule has 3 rings (SSSR count). The molecule has 2 aromatic rings. The fourth-order valence-electron chi connectivity index (χ4n) is 2.24. The van der Waals surface area contributed by atoms with Crippen LogP contribution in [0.3, 0.4) is 0 Å². The minimum Gasteiger partial charge on any atom is -0.491 e. The van der Waals surface area contributed by atoms with Gasteiger partial charge in [-0.3, -0.25) is 4.98 Å². The summed E-state index contributed by atoms with van der Waals surface area (Å²) in [5.74, 6) is 0.303. The number of nitrogens with zero attached hydrogens (tertiary/aromatic N) is 1. The number of rotatable bonds is 4. The molecule has 0 bridgehead atoms. The third-order valence-corrected chi connectivity index (χ3v) is 3.31. The van der Waals surface area contributed by atoms with Crippen LogP contribution in [-0.2, 0) is 9.47 Å². The second-order valence-electron chi connectivity index (χ2n) is 4.76. The average Bonchev–Trinajstić information content (AvgIpc) is 2.86. The topological polar surface area (TPSA) is 40.6 Å². The van der Waals surface area contributed by atoms with Crippen molar-refractivity contribution in [1.29, 1.82) is 0 Å². The summed E-state index contributed by atoms with van der Waals surface area (Å²) in [6.07, 6.45) is 2.48. The first kappa shape index (κ1) is 12.4. The van der Waals surface area contributed by atoms with Gasteiger partial charge in [-0.2, -0.15) is 0 Å². The molecule has 0 atom stereocenters. The first-order valence-corrected chi connectivity index (χ1v) is 6.51. The molecule has 0 saturated carbocycles. The normalized spacial score (nSPS) is 17.7. The van der Waals surface area contributed by atoms with Crippen molar-refractivity contribution in [2.45, 2.75) is 19.1 Å². The lowest BCUT2D eigenvalue weighted by atomic mass is 10.2. The van der Waals surface area contributed by atoms with Gasteiger partial charge >= 0.3 is 0 Å². The lowest BCUT2D eigenvalue weighted by molar-refractivity contribution is -0.150. The highest BCUT2D eigenvalue weighted by Gasteiger charge is 2.30. The maximum Gasteiger partial charge on any atom is 0.168 e. The average molecular weight is 259 g/mol. The van der Waals surface area contributed by atoms with E-state index in [0.717, 1.165) is 16.7 Å². The fraction of sp³-hybridized carbons (Fsp3) is 0.400. The van der Waals surface area contributed by atoms with Crippen LogP contribution >= 0.6 is 0 Å². The Balaban J connectivity index is 1.68. The van der Waals surface area contributed by atoms with E-state index in [1.807, 2.05) is 37.3 Å². The quantitative estimate of drug-likeness (QED) is 0.846. The van der Waals surface area contributed by atoms with Gasteiger partial charge in [-0.15, -0.1) is 0 Å². The van der Waals surface area contributed by atoms with Gasteiger partial charge in [0.1, 0.15) is 11.3 Å². The molecule has 1 aliphatic rings. The summed E-state index contributed by atoms with van der Waals surface area (Å²) in [7, 11) is 0. The fourth-order valence-corrected chi connectivity index (χ4v) is 2.24. The Morgan fingerprint density at radius 2 is 2.00 bits per heavy atom. The van der Waals surface area contributed by atoms with Crippen LogP contribution in [0, 0.1) is 0 Å². The van der Waals surface area contributed by atoms with Crippen molar-refractivity contribution < 1.29 is 14.2 Å². The zero-order chi connectivity index (χ0) is 13.1. The lowest BCUT2D eigenvalue weighted by Gasteiger charge is -2.22. The number of para-hydroxylation sites is 1. The minimum atomic E-state index is -0.502. The van der Waals surface area contributed by atoms with Gasteiger partial charge in [0.05, 0.1) is 19.8 Å². The molecule has 1 aliphatic heterocycles. The van der Waals surface area contributed by atoms with Crippen LogP contribution in [0.4, 0.5) is 0 Å². The van der Waals surface area contributed by atoms with Gasteiger partial charge in [0.15, 0.2) is 5.79 Å². The maximum atomic E-state index is 5.82. The van der Waals surface area contributed by atoms with Crippen molar-refractivity contribution in [2.24, 2.45) is 0 Å². The molecule has 1 saturated heterocycles. The Hall–Kier alpha value is -1.65. The Kier molecular flexibility index (Phi) is 3.36. The zero-order valence-electron chi connectivity index (χ0n) is 11.0. The van der Waals surface area contributed by atoms with Gasteiger partial charge in [0.25, 0.3) is 0 Å². The van der Waals surface area contributed by atoms with Crippen LogP contribution in [0.1, 0.15) is 13.3 Å². The van der Waals surface area contributed by atoms with Crippen molar-refractivity contribution in [3.63, 3.8) is 0 Å². The van der Waals surface area contributed by atoms with E-state index in [4.69, 9.17) is 14.2 Å². The molecule has 0 amide bonds. The van der Waals surface area contributed by atoms with Gasteiger partial charge in [-0.25, -0.2) is 0 Å². The SMILES string of the molecule is CC1(CCOc2cccc3cccnc23)OCCO1. The van der Waals surface area contributed by atoms with Gasteiger partial charge in [0.2, 0.25) is 0 Å². The number of hydrogen-bond acceptors (Lipinski definition) is 4. The van der Waals surface area contributed by atoms with Crippen molar-refractivity contribution in [2.75, 3.05) is 19.8 Å². The molecule has 1 fully saturated rings. The zero-order valence-corrected chi connectivity index (χ0v) is 11.0. The van der Waals surface area contributed by atoms with Gasteiger partial charge in [0, 0.05) is 18.0 Å². The largest absolute Gasteiger partial charge is 0.491 e. The molecule has 100 valence electrons. The van der Waals surface area contributed by atoms with E-state index < -0.39 is 5.79 Å². The van der Waals surface area contributed by atoms with Gasteiger partial charge in [-0.05, 0) is 19.1 Å². The molecule has 0 N–H and O–H groups in total. The first-order valence-electron chi connectivity index (χ1n) is 6.51. The van der Waals surface area contributed by atoms with Crippen molar-refractivity contribution in [3.05, 3.63) is 36.5 Å². The van der Waals surface area contributed by atoms with E-state index in [1.165, 1.54) is 0 Å². The molecular weight excluding hydrogens is 242 g/mol. The third-order valence-electron chi connectivity index (χ3n) is 3.31. The predicted octanol–water partition coefficient (Wildman–Crippen LogP) is 2.77. The van der Waals surface area contributed by atoms with Crippen LogP contribution in [0.15, 0.2) is 36.5 Å². The summed E-state index contributed by atoms with van der Waals surface area (Å²) in [5.41, 5.74) is 0.892. The van der Waals surface area contributed by atoms with Crippen LogP contribution in [0.5, 0.6) is 5.75 Å². The molecule has 4 nitrogen and oxygen atoms in total. The predicted molar refractivity (Wildman–Crippen MR) is 72.2 cm³/mol. The van der Waals surface area contributed by atoms with E-state index in [0.29, 0.717) is 26.2 Å². The second-order valence-corrected chi connectivity index (χ2v) is 4.76. The highest BCUT2D eigenvalue weighted by Crippen LogP contribution is 2.26. The molecule has 0 aliphatic carbocycles. The second kappa shape index (κ2) is 5.15. The molecule has 2 heterocycles. The molecule has 0 spiro atoms. The first-order chi connectivity index (χ1) is 9.27. The number of pyridine rings is 1. The standard InChI is InChI=1S/C15H17NO3/c1-15(18-10-11-19-15)7-9-17-13-6-2-4-12-5-3-8-16-14(12)13/h2-6,8H,7,9-11H2,1H3. The minimum absolute atomic E-state index is 0.502. The van der Waals surface area contributed by atoms with Crippen molar-refractivity contribution >= 4 is 10.9 Å². The summed E-state index contributed by atoms with van der Waals surface area (Å²) in [6.45, 7) is 3.82. The summed E-state index contributed by atoms with van der Waals surface area (Å²) in [4.78, 5) is 4.36. The van der Waals surface area contributed by atoms with Gasteiger partial charge in [-0.1, -0.05) is 18.2 Å². The molecule has 1 aromatic heterocycles. The van der Waals surface area contributed by atoms with E-state index in [9.17, 15) is 0 Å². The number of aromatic nitrogens is 1. The maximum absolute atomic E-state index is 5.82. The Labute approximate surface area is 112 Å². The highest BCUT2D eigenvalue weighted by atomic mass is 16.7. The summed E-state index contributed by atoms with van der Waals surface area (Å²) in [6, 6.07) is 9.89. The highest BCUT2D eigenvalue weighted by molar-refractivity contribution is 5.84. The third kappa shape index (κ3) is 2.69. The van der Waals surface area contributed by atoms with Crippen molar-refractivity contribution in [1.82, 2.24) is 4.98 Å². The molecular formula is C15H17NO3. The Morgan fingerprint density at radius 3 is 2.84 bits per heavy atom. The molecule has 0 unspecified atom stereocenters. The molecule has 0 radical (unpaired) electrons. The lowest BCUT2D eigenvalue weighted by Crippen LogP contribution is -2.27. The van der Waals surface area contributed by atoms with E-state index in [-0.39, 0.29) is 0 Å². The van der Waals surface area contributed by atoms with E-state index >= 15 is 0 Å². The number of hydrogen-bond donors (Lipinski definition) is 0. The summed E-state index contributed by atoms with van der Waals surface area (Å²) in [5, 5.41) is 1.08. The van der Waals surface area contributed by atoms with Crippen LogP contribution in [0.2, 0.25) is 0 Å². The monoisotopic (exact) mass is 259 g/mol. The van der Waals surface area contributed by atoms with Gasteiger partial charge < -0.3 is 14.2 Å². The summed E-state index contributed by atoms with van der Waals surface area (Å²) < 4.78 is 16.9. The number of benzene rings is 1. The Morgan fingerprint density at radius 1 is 1.21 bits per heavy atom. The van der Waals surface area contributed by atoms with Crippen LogP contribution in [0.25, 0.3) is 10.9 Å². The number of ether oxygens (including phenoxy) is 3. The van der Waals surface area contributed by atoms with Crippen LogP contribution in [-0.4, -0.2) is 30.6 Å². The molecule has 1 aromatic carbocycles. The van der Waals surface area contributed by atoms with Crippen molar-refractivity contribution in [3.8, 4) is 5.75 Å². The van der Waals surface area contributed by atoms with E-state index in [2.05, 4.69) is 4.98 Å². The summed E-state index contributed by atoms with van der Waals surface area (Å²) >= 11 is 0. The molecule has 4 heteroatoms. The molecule has 19 heavy (non-hydrogen) atoms.